The van der Waals surface area contributed by atoms with Crippen LogP contribution in [0.2, 0.25) is 10.0 Å². The van der Waals surface area contributed by atoms with Gasteiger partial charge in [-0.2, -0.15) is 0 Å². The number of nitrogens with zero attached hydrogens (tertiary/aromatic N) is 1. The van der Waals surface area contributed by atoms with E-state index in [1.165, 1.54) is 32.1 Å². The van der Waals surface area contributed by atoms with Gasteiger partial charge in [-0.15, -0.1) is 0 Å². The van der Waals surface area contributed by atoms with Crippen LogP contribution in [-0.4, -0.2) is 29.6 Å². The molecule has 1 atom stereocenters. The van der Waals surface area contributed by atoms with E-state index in [-0.39, 0.29) is 0 Å². The van der Waals surface area contributed by atoms with Crippen LogP contribution < -0.4 is 5.32 Å². The van der Waals surface area contributed by atoms with Gasteiger partial charge in [-0.1, -0.05) is 55.1 Å². The van der Waals surface area contributed by atoms with Crippen molar-refractivity contribution in [3.05, 3.63) is 33.8 Å². The van der Waals surface area contributed by atoms with E-state index >= 15 is 0 Å². The molecule has 4 heteroatoms. The summed E-state index contributed by atoms with van der Waals surface area (Å²) in [5.74, 6) is 0. The third-order valence-electron chi connectivity index (χ3n) is 5.25. The lowest BCUT2D eigenvalue weighted by Gasteiger charge is -2.48. The lowest BCUT2D eigenvalue weighted by molar-refractivity contribution is 0.0349. The average Bonchev–Trinajstić information content (AvgIpc) is 2.96. The number of hydrogen-bond acceptors (Lipinski definition) is 2. The Morgan fingerprint density at radius 1 is 1.29 bits per heavy atom. The van der Waals surface area contributed by atoms with Crippen LogP contribution in [0.5, 0.6) is 0 Å². The van der Waals surface area contributed by atoms with E-state index in [9.17, 15) is 0 Å². The van der Waals surface area contributed by atoms with Crippen LogP contribution in [0.3, 0.4) is 0 Å². The Labute approximate surface area is 137 Å². The number of piperazine rings is 1. The van der Waals surface area contributed by atoms with Gasteiger partial charge in [0.2, 0.25) is 0 Å². The van der Waals surface area contributed by atoms with E-state index in [2.05, 4.69) is 23.2 Å². The average molecular weight is 327 g/mol. The summed E-state index contributed by atoms with van der Waals surface area (Å²) >= 11 is 12.6. The molecule has 1 heterocycles. The molecule has 1 aromatic rings. The quantitative estimate of drug-likeness (QED) is 0.880. The topological polar surface area (TPSA) is 15.3 Å². The van der Waals surface area contributed by atoms with Crippen LogP contribution in [-0.2, 0) is 6.54 Å². The monoisotopic (exact) mass is 326 g/mol. The van der Waals surface area contributed by atoms with Crippen molar-refractivity contribution in [3.63, 3.8) is 0 Å². The molecule has 1 saturated carbocycles. The molecule has 1 saturated heterocycles. The fourth-order valence-electron chi connectivity index (χ4n) is 3.88. The molecule has 2 fully saturated rings. The summed E-state index contributed by atoms with van der Waals surface area (Å²) in [6, 6.07) is 6.57. The fraction of sp³-hybridized carbons (Fsp3) is 0.647. The van der Waals surface area contributed by atoms with E-state index in [0.717, 1.165) is 30.2 Å². The predicted octanol–water partition coefficient (Wildman–Crippen LogP) is 4.49. The lowest BCUT2D eigenvalue weighted by atomic mass is 9.90. The van der Waals surface area contributed by atoms with Gasteiger partial charge >= 0.3 is 0 Å². The molecule has 3 rings (SSSR count). The van der Waals surface area contributed by atoms with E-state index in [1.54, 1.807) is 0 Å². The first-order chi connectivity index (χ1) is 10.1. The lowest BCUT2D eigenvalue weighted by Crippen LogP contribution is -2.62. The zero-order chi connectivity index (χ0) is 14.9. The van der Waals surface area contributed by atoms with Gasteiger partial charge in [0, 0.05) is 31.2 Å². The summed E-state index contributed by atoms with van der Waals surface area (Å²) in [7, 11) is 0. The van der Waals surface area contributed by atoms with Crippen molar-refractivity contribution in [2.45, 2.75) is 57.2 Å². The van der Waals surface area contributed by atoms with Crippen molar-refractivity contribution in [1.82, 2.24) is 10.2 Å². The Morgan fingerprint density at radius 3 is 2.76 bits per heavy atom. The van der Waals surface area contributed by atoms with Crippen molar-refractivity contribution in [3.8, 4) is 0 Å². The van der Waals surface area contributed by atoms with Gasteiger partial charge in [-0.05, 0) is 30.9 Å². The Hall–Kier alpha value is -0.280. The molecule has 1 spiro atoms. The molecule has 2 aliphatic rings. The summed E-state index contributed by atoms with van der Waals surface area (Å²) < 4.78 is 0. The molecule has 1 aliphatic carbocycles. The first kappa shape index (κ1) is 15.6. The van der Waals surface area contributed by atoms with Gasteiger partial charge in [-0.25, -0.2) is 0 Å². The second kappa shape index (κ2) is 6.45. The van der Waals surface area contributed by atoms with Crippen LogP contribution >= 0.6 is 23.2 Å². The minimum Gasteiger partial charge on any atom is -0.311 e. The highest BCUT2D eigenvalue weighted by Crippen LogP contribution is 2.39. The smallest absolute Gasteiger partial charge is 0.0637 e. The van der Waals surface area contributed by atoms with Crippen molar-refractivity contribution in [2.24, 2.45) is 0 Å². The summed E-state index contributed by atoms with van der Waals surface area (Å²) in [4.78, 5) is 2.67. The van der Waals surface area contributed by atoms with Gasteiger partial charge in [0.15, 0.2) is 0 Å². The van der Waals surface area contributed by atoms with Gasteiger partial charge in [0.1, 0.15) is 0 Å². The van der Waals surface area contributed by atoms with Gasteiger partial charge in [-0.3, -0.25) is 4.90 Å². The molecular weight excluding hydrogens is 303 g/mol. The maximum Gasteiger partial charge on any atom is 0.0637 e. The Morgan fingerprint density at radius 2 is 2.05 bits per heavy atom. The van der Waals surface area contributed by atoms with Crippen molar-refractivity contribution < 1.29 is 0 Å². The van der Waals surface area contributed by atoms with E-state index < -0.39 is 0 Å². The second-order valence-corrected chi connectivity index (χ2v) is 7.30. The molecule has 1 N–H and O–H groups in total. The second-order valence-electron chi connectivity index (χ2n) is 6.51. The third-order valence-corrected chi connectivity index (χ3v) is 6.11. The molecule has 21 heavy (non-hydrogen) atoms. The van der Waals surface area contributed by atoms with Crippen molar-refractivity contribution in [2.75, 3.05) is 13.1 Å². The van der Waals surface area contributed by atoms with E-state index in [4.69, 9.17) is 23.2 Å². The highest BCUT2D eigenvalue weighted by atomic mass is 35.5. The highest BCUT2D eigenvalue weighted by molar-refractivity contribution is 6.42. The summed E-state index contributed by atoms with van der Waals surface area (Å²) in [5.41, 5.74) is 1.49. The molecule has 1 unspecified atom stereocenters. The summed E-state index contributed by atoms with van der Waals surface area (Å²) in [6.07, 6.45) is 6.47. The largest absolute Gasteiger partial charge is 0.311 e. The van der Waals surface area contributed by atoms with Gasteiger partial charge < -0.3 is 5.32 Å². The number of benzene rings is 1. The fourth-order valence-corrected chi connectivity index (χ4v) is 4.26. The van der Waals surface area contributed by atoms with E-state index in [0.29, 0.717) is 16.6 Å². The first-order valence-corrected chi connectivity index (χ1v) is 8.81. The minimum absolute atomic E-state index is 0.331. The maximum atomic E-state index is 6.40. The standard InChI is InChI=1S/C17H24Cl2N2/c1-2-14-11-21(17(12-20-14)8-3-4-9-17)10-13-6-5-7-15(18)16(13)19/h5-7,14,20H,2-4,8-12H2,1H3. The Bertz CT molecular complexity index is 498. The summed E-state index contributed by atoms with van der Waals surface area (Å²) in [6.45, 7) is 5.40. The molecule has 1 aliphatic heterocycles. The zero-order valence-electron chi connectivity index (χ0n) is 12.7. The molecule has 0 bridgehead atoms. The zero-order valence-corrected chi connectivity index (χ0v) is 14.2. The molecule has 0 amide bonds. The highest BCUT2D eigenvalue weighted by Gasteiger charge is 2.43. The number of rotatable bonds is 3. The van der Waals surface area contributed by atoms with Crippen molar-refractivity contribution >= 4 is 23.2 Å². The predicted molar refractivity (Wildman–Crippen MR) is 90.2 cm³/mol. The summed E-state index contributed by atoms with van der Waals surface area (Å²) in [5, 5.41) is 5.13. The molecule has 116 valence electrons. The number of hydrogen-bond donors (Lipinski definition) is 1. The molecule has 1 aromatic carbocycles. The normalized spacial score (nSPS) is 25.6. The molecular formula is C17H24Cl2N2. The van der Waals surface area contributed by atoms with Crippen LogP contribution in [0, 0.1) is 0 Å². The van der Waals surface area contributed by atoms with Crippen LogP contribution in [0.4, 0.5) is 0 Å². The van der Waals surface area contributed by atoms with Gasteiger partial charge in [0.05, 0.1) is 10.0 Å². The van der Waals surface area contributed by atoms with Crippen LogP contribution in [0.15, 0.2) is 18.2 Å². The van der Waals surface area contributed by atoms with Crippen LogP contribution in [0.1, 0.15) is 44.6 Å². The first-order valence-electron chi connectivity index (χ1n) is 8.06. The Balaban J connectivity index is 1.83. The SMILES string of the molecule is CCC1CN(Cc2cccc(Cl)c2Cl)C2(CCCC2)CN1. The van der Waals surface area contributed by atoms with E-state index in [1.807, 2.05) is 12.1 Å². The maximum absolute atomic E-state index is 6.40. The molecule has 0 radical (unpaired) electrons. The van der Waals surface area contributed by atoms with Crippen LogP contribution in [0.25, 0.3) is 0 Å². The Kier molecular flexibility index (Phi) is 4.80. The minimum atomic E-state index is 0.331. The number of halogens is 2. The third kappa shape index (κ3) is 3.10. The molecule has 0 aromatic heterocycles. The van der Waals surface area contributed by atoms with Gasteiger partial charge in [0.25, 0.3) is 0 Å². The molecule has 2 nitrogen and oxygen atoms in total. The number of nitrogens with one attached hydrogen (secondary N) is 1. The van der Waals surface area contributed by atoms with Crippen molar-refractivity contribution in [1.29, 1.82) is 0 Å².